The van der Waals surface area contributed by atoms with E-state index in [1.165, 1.54) is 0 Å². The number of benzene rings is 1. The Hall–Kier alpha value is -0.930. The topological polar surface area (TPSA) is 38.7 Å². The van der Waals surface area contributed by atoms with Crippen molar-refractivity contribution in [3.8, 4) is 11.5 Å². The second kappa shape index (κ2) is 3.82. The first-order valence-electron chi connectivity index (χ1n) is 5.23. The summed E-state index contributed by atoms with van der Waals surface area (Å²) >= 11 is 6.25. The van der Waals surface area contributed by atoms with Crippen molar-refractivity contribution in [2.45, 2.75) is 26.4 Å². The molecule has 0 saturated carbocycles. The van der Waals surface area contributed by atoms with Gasteiger partial charge in [-0.05, 0) is 32.4 Å². The van der Waals surface area contributed by atoms with Crippen molar-refractivity contribution in [1.82, 2.24) is 0 Å². The number of halogens is 1. The SMILES string of the molecule is Cc1cc2c(c(Cl)c1C(C)(C)O)OCCO2. The molecule has 0 unspecified atom stereocenters. The van der Waals surface area contributed by atoms with Crippen molar-refractivity contribution < 1.29 is 14.6 Å². The van der Waals surface area contributed by atoms with E-state index in [-0.39, 0.29) is 0 Å². The Morgan fingerprint density at radius 2 is 1.94 bits per heavy atom. The molecule has 1 heterocycles. The summed E-state index contributed by atoms with van der Waals surface area (Å²) in [5, 5.41) is 10.5. The van der Waals surface area contributed by atoms with Crippen LogP contribution in [0.3, 0.4) is 0 Å². The maximum absolute atomic E-state index is 10.1. The van der Waals surface area contributed by atoms with Gasteiger partial charge in [0.1, 0.15) is 13.2 Å². The Morgan fingerprint density at radius 1 is 1.31 bits per heavy atom. The molecule has 16 heavy (non-hydrogen) atoms. The van der Waals surface area contributed by atoms with E-state index < -0.39 is 5.60 Å². The Balaban J connectivity index is 2.63. The van der Waals surface area contributed by atoms with Crippen molar-refractivity contribution in [2.75, 3.05) is 13.2 Å². The minimum absolute atomic E-state index is 0.446. The van der Waals surface area contributed by atoms with Crippen molar-refractivity contribution in [3.05, 3.63) is 22.2 Å². The van der Waals surface area contributed by atoms with Gasteiger partial charge < -0.3 is 14.6 Å². The van der Waals surface area contributed by atoms with E-state index >= 15 is 0 Å². The van der Waals surface area contributed by atoms with Gasteiger partial charge in [-0.1, -0.05) is 11.6 Å². The minimum Gasteiger partial charge on any atom is -0.486 e. The van der Waals surface area contributed by atoms with Gasteiger partial charge in [-0.25, -0.2) is 0 Å². The minimum atomic E-state index is -0.989. The van der Waals surface area contributed by atoms with Crippen LogP contribution in [-0.2, 0) is 5.60 Å². The molecule has 0 radical (unpaired) electrons. The van der Waals surface area contributed by atoms with Crippen LogP contribution in [0.1, 0.15) is 25.0 Å². The molecule has 0 aromatic heterocycles. The number of aryl methyl sites for hydroxylation is 1. The van der Waals surface area contributed by atoms with Crippen molar-refractivity contribution in [2.24, 2.45) is 0 Å². The van der Waals surface area contributed by atoms with Gasteiger partial charge in [-0.3, -0.25) is 0 Å². The zero-order valence-electron chi connectivity index (χ0n) is 9.63. The molecule has 0 bridgehead atoms. The van der Waals surface area contributed by atoms with Crippen molar-refractivity contribution in [1.29, 1.82) is 0 Å². The fourth-order valence-electron chi connectivity index (χ4n) is 2.02. The Morgan fingerprint density at radius 3 is 2.56 bits per heavy atom. The lowest BCUT2D eigenvalue weighted by molar-refractivity contribution is 0.0770. The van der Waals surface area contributed by atoms with E-state index in [0.717, 1.165) is 5.56 Å². The molecule has 1 aliphatic rings. The second-order valence-electron chi connectivity index (χ2n) is 4.47. The molecule has 0 spiro atoms. The van der Waals surface area contributed by atoms with E-state index in [1.807, 2.05) is 13.0 Å². The summed E-state index contributed by atoms with van der Waals surface area (Å²) in [7, 11) is 0. The van der Waals surface area contributed by atoms with Crippen LogP contribution in [0.25, 0.3) is 0 Å². The largest absolute Gasteiger partial charge is 0.486 e. The van der Waals surface area contributed by atoms with Gasteiger partial charge >= 0.3 is 0 Å². The Labute approximate surface area is 99.9 Å². The molecule has 1 aliphatic heterocycles. The molecular formula is C12H15ClO3. The summed E-state index contributed by atoms with van der Waals surface area (Å²) in [5.41, 5.74) is 0.608. The summed E-state index contributed by atoms with van der Waals surface area (Å²) in [6, 6.07) is 1.85. The second-order valence-corrected chi connectivity index (χ2v) is 4.84. The van der Waals surface area contributed by atoms with Gasteiger partial charge in [0.05, 0.1) is 10.6 Å². The number of hydrogen-bond donors (Lipinski definition) is 1. The van der Waals surface area contributed by atoms with E-state index in [0.29, 0.717) is 35.3 Å². The predicted molar refractivity (Wildman–Crippen MR) is 62.4 cm³/mol. The predicted octanol–water partition coefficient (Wildman–Crippen LogP) is 2.65. The van der Waals surface area contributed by atoms with E-state index in [1.54, 1.807) is 13.8 Å². The fraction of sp³-hybridized carbons (Fsp3) is 0.500. The average Bonchev–Trinajstić information content (AvgIpc) is 2.15. The highest BCUT2D eigenvalue weighted by atomic mass is 35.5. The highest BCUT2D eigenvalue weighted by Gasteiger charge is 2.28. The quantitative estimate of drug-likeness (QED) is 0.823. The fourth-order valence-corrected chi connectivity index (χ4v) is 2.55. The van der Waals surface area contributed by atoms with Crippen LogP contribution in [0, 0.1) is 6.92 Å². The lowest BCUT2D eigenvalue weighted by Crippen LogP contribution is -2.21. The van der Waals surface area contributed by atoms with Crippen LogP contribution in [-0.4, -0.2) is 18.3 Å². The van der Waals surface area contributed by atoms with Crippen LogP contribution in [0.15, 0.2) is 6.07 Å². The van der Waals surface area contributed by atoms with Gasteiger partial charge in [-0.2, -0.15) is 0 Å². The highest BCUT2D eigenvalue weighted by molar-refractivity contribution is 6.33. The molecule has 1 aromatic rings. The standard InChI is InChI=1S/C12H15ClO3/c1-7-6-8-11(16-5-4-15-8)10(13)9(7)12(2,3)14/h6,14H,4-5H2,1-3H3. The van der Waals surface area contributed by atoms with Gasteiger partial charge in [-0.15, -0.1) is 0 Å². The van der Waals surface area contributed by atoms with Crippen molar-refractivity contribution in [3.63, 3.8) is 0 Å². The zero-order chi connectivity index (χ0) is 11.9. The van der Waals surface area contributed by atoms with E-state index in [9.17, 15) is 5.11 Å². The number of hydrogen-bond acceptors (Lipinski definition) is 3. The molecule has 1 N–H and O–H groups in total. The maximum Gasteiger partial charge on any atom is 0.180 e. The Kier molecular flexibility index (Phi) is 2.76. The summed E-state index contributed by atoms with van der Waals surface area (Å²) < 4.78 is 10.9. The van der Waals surface area contributed by atoms with Crippen LogP contribution in [0.2, 0.25) is 5.02 Å². The zero-order valence-corrected chi connectivity index (χ0v) is 10.4. The van der Waals surface area contributed by atoms with Crippen LogP contribution in [0.4, 0.5) is 0 Å². The Bertz CT molecular complexity index is 421. The van der Waals surface area contributed by atoms with Gasteiger partial charge in [0.25, 0.3) is 0 Å². The summed E-state index contributed by atoms with van der Waals surface area (Å²) in [6.45, 7) is 6.33. The molecule has 1 aromatic carbocycles. The summed E-state index contributed by atoms with van der Waals surface area (Å²) in [4.78, 5) is 0. The molecule has 2 rings (SSSR count). The molecule has 4 heteroatoms. The van der Waals surface area contributed by atoms with Gasteiger partial charge in [0, 0.05) is 5.56 Å². The summed E-state index contributed by atoms with van der Waals surface area (Å²) in [5.74, 6) is 1.19. The number of fused-ring (bicyclic) bond motifs is 1. The molecule has 3 nitrogen and oxygen atoms in total. The first kappa shape index (κ1) is 11.6. The third-order valence-corrected chi connectivity index (χ3v) is 2.94. The molecule has 0 aliphatic carbocycles. The normalized spacial score (nSPS) is 15.1. The number of aliphatic hydroxyl groups is 1. The lowest BCUT2D eigenvalue weighted by atomic mass is 9.93. The third-order valence-electron chi connectivity index (χ3n) is 2.58. The monoisotopic (exact) mass is 242 g/mol. The first-order valence-corrected chi connectivity index (χ1v) is 5.60. The first-order chi connectivity index (χ1) is 7.41. The van der Waals surface area contributed by atoms with Crippen LogP contribution >= 0.6 is 11.6 Å². The highest BCUT2D eigenvalue weighted by Crippen LogP contribution is 2.44. The molecule has 0 atom stereocenters. The molecular weight excluding hydrogens is 228 g/mol. The maximum atomic E-state index is 10.1. The number of rotatable bonds is 1. The number of ether oxygens (including phenoxy) is 2. The van der Waals surface area contributed by atoms with Gasteiger partial charge in [0.15, 0.2) is 11.5 Å². The van der Waals surface area contributed by atoms with Crippen molar-refractivity contribution >= 4 is 11.6 Å². The molecule has 88 valence electrons. The molecule has 0 fully saturated rings. The van der Waals surface area contributed by atoms with Crippen LogP contribution < -0.4 is 9.47 Å². The van der Waals surface area contributed by atoms with E-state index in [4.69, 9.17) is 21.1 Å². The molecule has 0 saturated heterocycles. The third kappa shape index (κ3) is 1.85. The van der Waals surface area contributed by atoms with E-state index in [2.05, 4.69) is 0 Å². The smallest absolute Gasteiger partial charge is 0.180 e. The molecule has 0 amide bonds. The average molecular weight is 243 g/mol. The van der Waals surface area contributed by atoms with Crippen LogP contribution in [0.5, 0.6) is 11.5 Å². The summed E-state index contributed by atoms with van der Waals surface area (Å²) in [6.07, 6.45) is 0. The lowest BCUT2D eigenvalue weighted by Gasteiger charge is -2.27. The van der Waals surface area contributed by atoms with Gasteiger partial charge in [0.2, 0.25) is 0 Å².